The topological polar surface area (TPSA) is 66.4 Å². The zero-order chi connectivity index (χ0) is 15.6. The van der Waals surface area contributed by atoms with Gasteiger partial charge in [-0.25, -0.2) is 13.1 Å². The standard InChI is InChI=1S/C11H13ClF3NO3S/c1-7-8(6-17)4-9(12)5-10(7)20(18,19)16-3-2-11(13,14)15/h4-5,16-17H,2-3,6H2,1H3. The van der Waals surface area contributed by atoms with Gasteiger partial charge in [0, 0.05) is 11.6 Å². The predicted octanol–water partition coefficient (Wildman–Crippen LogP) is 2.37. The number of halogens is 4. The molecular weight excluding hydrogens is 319 g/mol. The Bertz CT molecular complexity index is 587. The van der Waals surface area contributed by atoms with Crippen LogP contribution in [0.5, 0.6) is 0 Å². The van der Waals surface area contributed by atoms with E-state index in [1.165, 1.54) is 13.0 Å². The van der Waals surface area contributed by atoms with E-state index in [1.807, 2.05) is 4.72 Å². The van der Waals surface area contributed by atoms with Gasteiger partial charge in [-0.2, -0.15) is 13.2 Å². The maximum atomic E-state index is 12.0. The fraction of sp³-hybridized carbons (Fsp3) is 0.455. The van der Waals surface area contributed by atoms with Crippen LogP contribution >= 0.6 is 11.6 Å². The largest absolute Gasteiger partial charge is 0.392 e. The summed E-state index contributed by atoms with van der Waals surface area (Å²) >= 11 is 5.73. The van der Waals surface area contributed by atoms with E-state index < -0.39 is 35.8 Å². The van der Waals surface area contributed by atoms with Gasteiger partial charge in [-0.05, 0) is 30.2 Å². The third kappa shape index (κ3) is 4.62. The van der Waals surface area contributed by atoms with Gasteiger partial charge in [0.1, 0.15) is 0 Å². The first kappa shape index (κ1) is 17.2. The molecule has 20 heavy (non-hydrogen) atoms. The fourth-order valence-electron chi connectivity index (χ4n) is 1.56. The molecule has 4 nitrogen and oxygen atoms in total. The number of aliphatic hydroxyl groups is 1. The van der Waals surface area contributed by atoms with Crippen LogP contribution in [-0.4, -0.2) is 26.2 Å². The van der Waals surface area contributed by atoms with Crippen LogP contribution in [0, 0.1) is 6.92 Å². The first-order valence-corrected chi connectivity index (χ1v) is 7.39. The minimum Gasteiger partial charge on any atom is -0.392 e. The van der Waals surface area contributed by atoms with E-state index in [4.69, 9.17) is 16.7 Å². The fourth-order valence-corrected chi connectivity index (χ4v) is 3.20. The number of benzene rings is 1. The minimum atomic E-state index is -4.44. The number of rotatable bonds is 5. The second-order valence-corrected chi connectivity index (χ2v) is 6.28. The number of aliphatic hydroxyl groups excluding tert-OH is 1. The zero-order valence-electron chi connectivity index (χ0n) is 10.5. The molecule has 1 aromatic rings. The van der Waals surface area contributed by atoms with E-state index in [9.17, 15) is 21.6 Å². The summed E-state index contributed by atoms with van der Waals surface area (Å²) in [5, 5.41) is 9.17. The second kappa shape index (κ2) is 6.30. The molecule has 0 heterocycles. The van der Waals surface area contributed by atoms with E-state index in [2.05, 4.69) is 0 Å². The molecule has 0 aliphatic heterocycles. The van der Waals surface area contributed by atoms with Crippen LogP contribution in [0.3, 0.4) is 0 Å². The van der Waals surface area contributed by atoms with Crippen LogP contribution in [0.2, 0.25) is 5.02 Å². The summed E-state index contributed by atoms with van der Waals surface area (Å²) in [5.74, 6) is 0. The first-order valence-electron chi connectivity index (χ1n) is 5.53. The second-order valence-electron chi connectivity index (χ2n) is 4.11. The number of hydrogen-bond donors (Lipinski definition) is 2. The lowest BCUT2D eigenvalue weighted by Crippen LogP contribution is -2.28. The van der Waals surface area contributed by atoms with Crippen molar-refractivity contribution in [3.05, 3.63) is 28.3 Å². The third-order valence-electron chi connectivity index (χ3n) is 2.59. The van der Waals surface area contributed by atoms with Gasteiger partial charge in [-0.3, -0.25) is 0 Å². The van der Waals surface area contributed by atoms with Gasteiger partial charge in [-0.15, -0.1) is 0 Å². The Morgan fingerprint density at radius 3 is 2.45 bits per heavy atom. The highest BCUT2D eigenvalue weighted by Crippen LogP contribution is 2.25. The molecule has 1 aromatic carbocycles. The van der Waals surface area contributed by atoms with Crippen LogP contribution in [0.15, 0.2) is 17.0 Å². The molecule has 114 valence electrons. The molecule has 0 aliphatic rings. The van der Waals surface area contributed by atoms with Gasteiger partial charge in [0.25, 0.3) is 0 Å². The number of nitrogens with one attached hydrogen (secondary N) is 1. The smallest absolute Gasteiger partial charge is 0.390 e. The van der Waals surface area contributed by atoms with Gasteiger partial charge in [0.15, 0.2) is 0 Å². The molecule has 0 aliphatic carbocycles. The van der Waals surface area contributed by atoms with Crippen molar-refractivity contribution in [1.29, 1.82) is 0 Å². The molecule has 0 bridgehead atoms. The molecule has 0 radical (unpaired) electrons. The van der Waals surface area contributed by atoms with E-state index in [0.29, 0.717) is 5.56 Å². The molecule has 0 unspecified atom stereocenters. The highest BCUT2D eigenvalue weighted by atomic mass is 35.5. The average molecular weight is 332 g/mol. The van der Waals surface area contributed by atoms with Crippen molar-refractivity contribution in [2.45, 2.75) is 31.0 Å². The van der Waals surface area contributed by atoms with Crippen molar-refractivity contribution in [2.24, 2.45) is 0 Å². The van der Waals surface area contributed by atoms with Crippen LogP contribution < -0.4 is 4.72 Å². The Morgan fingerprint density at radius 2 is 1.95 bits per heavy atom. The normalized spacial score (nSPS) is 12.7. The Kier molecular flexibility index (Phi) is 5.42. The lowest BCUT2D eigenvalue weighted by Gasteiger charge is -2.13. The molecule has 0 atom stereocenters. The summed E-state index contributed by atoms with van der Waals surface area (Å²) in [6.45, 7) is 0.268. The molecule has 9 heteroatoms. The monoisotopic (exact) mass is 331 g/mol. The third-order valence-corrected chi connectivity index (χ3v) is 4.40. The first-order chi connectivity index (χ1) is 9.07. The summed E-state index contributed by atoms with van der Waals surface area (Å²) in [5.41, 5.74) is 0.546. The lowest BCUT2D eigenvalue weighted by molar-refractivity contribution is -0.132. The maximum absolute atomic E-state index is 12.0. The van der Waals surface area contributed by atoms with E-state index in [1.54, 1.807) is 0 Å². The predicted molar refractivity (Wildman–Crippen MR) is 68.0 cm³/mol. The van der Waals surface area contributed by atoms with Gasteiger partial charge in [-0.1, -0.05) is 11.6 Å². The molecule has 0 spiro atoms. The SMILES string of the molecule is Cc1c(CO)cc(Cl)cc1S(=O)(=O)NCCC(F)(F)F. The van der Waals surface area contributed by atoms with E-state index in [0.717, 1.165) is 6.07 Å². The van der Waals surface area contributed by atoms with Gasteiger partial charge >= 0.3 is 6.18 Å². The van der Waals surface area contributed by atoms with Crippen molar-refractivity contribution in [3.63, 3.8) is 0 Å². The molecule has 2 N–H and O–H groups in total. The molecular formula is C11H13ClF3NO3S. The van der Waals surface area contributed by atoms with Crippen LogP contribution in [-0.2, 0) is 16.6 Å². The average Bonchev–Trinajstić information content (AvgIpc) is 2.29. The van der Waals surface area contributed by atoms with Gasteiger partial charge in [0.05, 0.1) is 17.9 Å². The Morgan fingerprint density at radius 1 is 1.35 bits per heavy atom. The highest BCUT2D eigenvalue weighted by Gasteiger charge is 2.28. The van der Waals surface area contributed by atoms with E-state index >= 15 is 0 Å². The van der Waals surface area contributed by atoms with Crippen LogP contribution in [0.25, 0.3) is 0 Å². The summed E-state index contributed by atoms with van der Waals surface area (Å²) in [6, 6.07) is 2.53. The molecule has 1 rings (SSSR count). The Balaban J connectivity index is 3.01. The molecule has 0 amide bonds. The van der Waals surface area contributed by atoms with Gasteiger partial charge < -0.3 is 5.11 Å². The zero-order valence-corrected chi connectivity index (χ0v) is 12.0. The quantitative estimate of drug-likeness (QED) is 0.870. The van der Waals surface area contributed by atoms with Crippen molar-refractivity contribution < 1.29 is 26.7 Å². The van der Waals surface area contributed by atoms with E-state index in [-0.39, 0.29) is 15.5 Å². The summed E-state index contributed by atoms with van der Waals surface area (Å²) in [4.78, 5) is -0.240. The van der Waals surface area contributed by atoms with Gasteiger partial charge in [0.2, 0.25) is 10.0 Å². The van der Waals surface area contributed by atoms with Crippen molar-refractivity contribution in [1.82, 2.24) is 4.72 Å². The van der Waals surface area contributed by atoms with Crippen molar-refractivity contribution in [2.75, 3.05) is 6.54 Å². The highest BCUT2D eigenvalue weighted by molar-refractivity contribution is 7.89. The van der Waals surface area contributed by atoms with Crippen molar-refractivity contribution >= 4 is 21.6 Å². The molecule has 0 saturated heterocycles. The number of hydrogen-bond acceptors (Lipinski definition) is 3. The van der Waals surface area contributed by atoms with Crippen molar-refractivity contribution in [3.8, 4) is 0 Å². The number of sulfonamides is 1. The summed E-state index contributed by atoms with van der Waals surface area (Å²) in [7, 11) is -4.11. The van der Waals surface area contributed by atoms with Crippen LogP contribution in [0.1, 0.15) is 17.5 Å². The summed E-state index contributed by atoms with van der Waals surface area (Å²) in [6.07, 6.45) is -5.71. The maximum Gasteiger partial charge on any atom is 0.390 e. The number of alkyl halides is 3. The molecule has 0 saturated carbocycles. The van der Waals surface area contributed by atoms with Crippen LogP contribution in [0.4, 0.5) is 13.2 Å². The Hall–Kier alpha value is -0.830. The summed E-state index contributed by atoms with van der Waals surface area (Å²) < 4.78 is 61.8. The molecule has 0 fully saturated rings. The Labute approximate surface area is 119 Å². The minimum absolute atomic E-state index is 0.0795. The lowest BCUT2D eigenvalue weighted by atomic mass is 10.1. The molecule has 0 aromatic heterocycles.